The molecule has 1 aromatic rings. The molecule has 2 bridgehead atoms. The highest BCUT2D eigenvalue weighted by Crippen LogP contribution is 2.21. The van der Waals surface area contributed by atoms with Gasteiger partial charge in [-0.3, -0.25) is 0 Å². The first-order valence-electron chi connectivity index (χ1n) is 5.92. The molecule has 2 atom stereocenters. The van der Waals surface area contributed by atoms with E-state index in [1.54, 1.807) is 6.07 Å². The Morgan fingerprint density at radius 1 is 1.56 bits per heavy atom. The van der Waals surface area contributed by atoms with Crippen LogP contribution in [0.25, 0.3) is 0 Å². The minimum atomic E-state index is -0.714. The molecule has 0 aliphatic carbocycles. The summed E-state index contributed by atoms with van der Waals surface area (Å²) in [5.74, 6) is -0.714. The quantitative estimate of drug-likeness (QED) is 0.723. The van der Waals surface area contributed by atoms with Crippen LogP contribution >= 0.6 is 0 Å². The van der Waals surface area contributed by atoms with Gasteiger partial charge in [0.2, 0.25) is 5.95 Å². The number of morpholine rings is 1. The van der Waals surface area contributed by atoms with E-state index in [2.05, 4.69) is 15.2 Å². The number of pyridine rings is 1. The molecule has 5 nitrogen and oxygen atoms in total. The summed E-state index contributed by atoms with van der Waals surface area (Å²) in [6, 6.07) is 3.64. The van der Waals surface area contributed by atoms with E-state index in [0.29, 0.717) is 6.61 Å². The Kier molecular flexibility index (Phi) is 2.86. The molecule has 3 fully saturated rings. The van der Waals surface area contributed by atoms with E-state index in [1.807, 2.05) is 6.07 Å². The van der Waals surface area contributed by atoms with Gasteiger partial charge in [0, 0.05) is 25.7 Å². The summed E-state index contributed by atoms with van der Waals surface area (Å²) < 4.78 is 18.9. The lowest BCUT2D eigenvalue weighted by Crippen LogP contribution is -2.45. The van der Waals surface area contributed by atoms with Gasteiger partial charge in [0.15, 0.2) is 0 Å². The highest BCUT2D eigenvalue weighted by atomic mass is 19.1. The molecule has 4 rings (SSSR count). The van der Waals surface area contributed by atoms with Crippen molar-refractivity contribution >= 4 is 5.69 Å². The molecule has 3 aliphatic heterocycles. The van der Waals surface area contributed by atoms with Crippen LogP contribution < -0.4 is 10.2 Å². The number of halogens is 1. The molecule has 6 heteroatoms. The molecule has 1 N–H and O–H groups in total. The van der Waals surface area contributed by atoms with E-state index in [-0.39, 0.29) is 17.7 Å². The van der Waals surface area contributed by atoms with Crippen LogP contribution in [0.5, 0.6) is 0 Å². The van der Waals surface area contributed by atoms with Gasteiger partial charge in [-0.15, -0.1) is 0 Å². The van der Waals surface area contributed by atoms with Gasteiger partial charge in [-0.25, -0.2) is 4.98 Å². The molecule has 18 heavy (non-hydrogen) atoms. The van der Waals surface area contributed by atoms with Gasteiger partial charge in [0.1, 0.15) is 11.6 Å². The third kappa shape index (κ3) is 2.03. The SMILES string of the molecule is N#Cc1cc(N2CC3COC(CN3)C2)cnc1F. The fraction of sp³-hybridized carbons (Fsp3) is 0.500. The standard InChI is InChI=1S/C12H13FN4O/c13-12-8(2-14)1-10(3-16-12)17-5-9-7-18-11(6-17)4-15-9/h1,3,9,11,15H,4-7H2. The molecule has 0 amide bonds. The van der Waals surface area contributed by atoms with E-state index < -0.39 is 5.95 Å². The maximum Gasteiger partial charge on any atom is 0.230 e. The van der Waals surface area contributed by atoms with E-state index in [1.165, 1.54) is 6.20 Å². The lowest BCUT2D eigenvalue weighted by atomic mass is 10.2. The second kappa shape index (κ2) is 4.52. The summed E-state index contributed by atoms with van der Waals surface area (Å²) in [4.78, 5) is 5.73. The molecule has 3 aliphatic rings. The molecule has 1 aromatic heterocycles. The Bertz CT molecular complexity index is 479. The van der Waals surface area contributed by atoms with Crippen LogP contribution in [0.4, 0.5) is 10.1 Å². The number of ether oxygens (including phenoxy) is 1. The summed E-state index contributed by atoms with van der Waals surface area (Å²) in [5, 5.41) is 12.2. The Morgan fingerprint density at radius 3 is 3.17 bits per heavy atom. The van der Waals surface area contributed by atoms with Crippen LogP contribution in [0.3, 0.4) is 0 Å². The van der Waals surface area contributed by atoms with E-state index >= 15 is 0 Å². The number of anilines is 1. The van der Waals surface area contributed by atoms with Crippen LogP contribution in [0.1, 0.15) is 5.56 Å². The smallest absolute Gasteiger partial charge is 0.230 e. The van der Waals surface area contributed by atoms with Crippen molar-refractivity contribution in [3.05, 3.63) is 23.8 Å². The Labute approximate surface area is 104 Å². The first kappa shape index (κ1) is 11.4. The van der Waals surface area contributed by atoms with Crippen LogP contribution in [0.2, 0.25) is 0 Å². The van der Waals surface area contributed by atoms with Gasteiger partial charge in [-0.2, -0.15) is 9.65 Å². The lowest BCUT2D eigenvalue weighted by molar-refractivity contribution is 0.0259. The molecule has 0 radical (unpaired) electrons. The molecule has 94 valence electrons. The summed E-state index contributed by atoms with van der Waals surface area (Å²) in [7, 11) is 0. The molecule has 4 heterocycles. The monoisotopic (exact) mass is 248 g/mol. The number of hydrogen-bond acceptors (Lipinski definition) is 5. The fourth-order valence-electron chi connectivity index (χ4n) is 2.39. The Balaban J connectivity index is 1.88. The van der Waals surface area contributed by atoms with Gasteiger partial charge in [0.25, 0.3) is 0 Å². The van der Waals surface area contributed by atoms with E-state index in [4.69, 9.17) is 10.00 Å². The minimum absolute atomic E-state index is 0.0158. The van der Waals surface area contributed by atoms with Gasteiger partial charge < -0.3 is 15.0 Å². The van der Waals surface area contributed by atoms with Crippen molar-refractivity contribution in [2.45, 2.75) is 12.1 Å². The molecule has 3 saturated heterocycles. The number of nitrogens with zero attached hydrogens (tertiary/aromatic N) is 3. The molecular weight excluding hydrogens is 235 g/mol. The highest BCUT2D eigenvalue weighted by Gasteiger charge is 2.30. The molecule has 0 aromatic carbocycles. The zero-order valence-electron chi connectivity index (χ0n) is 9.77. The van der Waals surface area contributed by atoms with E-state index in [9.17, 15) is 4.39 Å². The summed E-state index contributed by atoms with van der Waals surface area (Å²) in [6.07, 6.45) is 1.61. The van der Waals surface area contributed by atoms with Crippen molar-refractivity contribution in [3.8, 4) is 6.07 Å². The predicted molar refractivity (Wildman–Crippen MR) is 62.7 cm³/mol. The van der Waals surface area contributed by atoms with Gasteiger partial charge in [-0.1, -0.05) is 0 Å². The zero-order chi connectivity index (χ0) is 12.5. The average Bonchev–Trinajstić information content (AvgIpc) is 2.72. The van der Waals surface area contributed by atoms with Gasteiger partial charge >= 0.3 is 0 Å². The van der Waals surface area contributed by atoms with Crippen LogP contribution in [-0.4, -0.2) is 43.4 Å². The number of aromatic nitrogens is 1. The first-order valence-corrected chi connectivity index (χ1v) is 5.92. The highest BCUT2D eigenvalue weighted by molar-refractivity contribution is 5.50. The zero-order valence-corrected chi connectivity index (χ0v) is 9.77. The number of rotatable bonds is 1. The van der Waals surface area contributed by atoms with Crippen LogP contribution in [0.15, 0.2) is 12.3 Å². The summed E-state index contributed by atoms with van der Waals surface area (Å²) in [5.41, 5.74) is 0.759. The number of nitriles is 1. The maximum absolute atomic E-state index is 13.2. The van der Waals surface area contributed by atoms with Crippen molar-refractivity contribution in [2.24, 2.45) is 0 Å². The Hall–Kier alpha value is -1.71. The van der Waals surface area contributed by atoms with Crippen LogP contribution in [-0.2, 0) is 4.74 Å². The number of nitrogens with one attached hydrogen (secondary N) is 1. The molecule has 2 unspecified atom stereocenters. The maximum atomic E-state index is 13.2. The molecular formula is C12H13FN4O. The largest absolute Gasteiger partial charge is 0.373 e. The average molecular weight is 248 g/mol. The summed E-state index contributed by atoms with van der Waals surface area (Å²) in [6.45, 7) is 3.05. The molecule has 0 spiro atoms. The number of fused-ring (bicyclic) bond motifs is 4. The normalized spacial score (nSPS) is 26.8. The Morgan fingerprint density at radius 2 is 2.44 bits per heavy atom. The van der Waals surface area contributed by atoms with Crippen LogP contribution in [0, 0.1) is 17.3 Å². The summed E-state index contributed by atoms with van der Waals surface area (Å²) >= 11 is 0. The first-order chi connectivity index (χ1) is 8.76. The van der Waals surface area contributed by atoms with Crippen molar-refractivity contribution in [3.63, 3.8) is 0 Å². The van der Waals surface area contributed by atoms with E-state index in [0.717, 1.165) is 25.3 Å². The third-order valence-corrected chi connectivity index (χ3v) is 3.34. The second-order valence-electron chi connectivity index (χ2n) is 4.61. The number of hydrogen-bond donors (Lipinski definition) is 1. The topological polar surface area (TPSA) is 61.2 Å². The van der Waals surface area contributed by atoms with Crippen molar-refractivity contribution < 1.29 is 9.13 Å². The van der Waals surface area contributed by atoms with Crippen molar-refractivity contribution in [2.75, 3.05) is 31.1 Å². The van der Waals surface area contributed by atoms with Crippen molar-refractivity contribution in [1.82, 2.24) is 10.3 Å². The molecule has 0 saturated carbocycles. The van der Waals surface area contributed by atoms with Crippen molar-refractivity contribution in [1.29, 1.82) is 5.26 Å². The third-order valence-electron chi connectivity index (χ3n) is 3.34. The minimum Gasteiger partial charge on any atom is -0.373 e. The second-order valence-corrected chi connectivity index (χ2v) is 4.61. The lowest BCUT2D eigenvalue weighted by Gasteiger charge is -2.23. The predicted octanol–water partition coefficient (Wildman–Crippen LogP) is 0.269. The fourth-order valence-corrected chi connectivity index (χ4v) is 2.39. The van der Waals surface area contributed by atoms with Gasteiger partial charge in [-0.05, 0) is 6.07 Å². The van der Waals surface area contributed by atoms with Gasteiger partial charge in [0.05, 0.1) is 24.6 Å².